The number of halogens is 4. The van der Waals surface area contributed by atoms with Gasteiger partial charge in [0.15, 0.2) is 0 Å². The summed E-state index contributed by atoms with van der Waals surface area (Å²) >= 11 is 0. The fourth-order valence-corrected chi connectivity index (χ4v) is 5.22. The topological polar surface area (TPSA) is 107 Å². The first kappa shape index (κ1) is 31.7. The molecule has 1 unspecified atom stereocenters. The lowest BCUT2D eigenvalue weighted by Gasteiger charge is -2.29. The summed E-state index contributed by atoms with van der Waals surface area (Å²) in [6.45, 7) is 3.41. The molecule has 0 aliphatic carbocycles. The van der Waals surface area contributed by atoms with Crippen LogP contribution in [0.15, 0.2) is 47.4 Å². The second-order valence-electron chi connectivity index (χ2n) is 9.91. The number of hydrogen-bond acceptors (Lipinski definition) is 5. The molecule has 12 heteroatoms. The molecular formula is C26H34F4N2O5S. The molecule has 1 atom stereocenters. The number of carbonyl (C=O) groups is 1. The van der Waals surface area contributed by atoms with Crippen molar-refractivity contribution in [1.82, 2.24) is 9.62 Å². The predicted octanol–water partition coefficient (Wildman–Crippen LogP) is 4.23. The minimum absolute atomic E-state index is 0.0129. The Kier molecular flexibility index (Phi) is 10.8. The van der Waals surface area contributed by atoms with Crippen LogP contribution in [-0.2, 0) is 33.8 Å². The summed E-state index contributed by atoms with van der Waals surface area (Å²) < 4.78 is 80.7. The van der Waals surface area contributed by atoms with Gasteiger partial charge in [0.2, 0.25) is 10.0 Å². The van der Waals surface area contributed by atoms with Crippen LogP contribution in [0.4, 0.5) is 17.6 Å². The van der Waals surface area contributed by atoms with Crippen LogP contribution in [0.1, 0.15) is 49.8 Å². The average molecular weight is 563 g/mol. The van der Waals surface area contributed by atoms with Gasteiger partial charge in [-0.15, -0.1) is 0 Å². The van der Waals surface area contributed by atoms with Gasteiger partial charge in [0, 0.05) is 32.1 Å². The zero-order chi connectivity index (χ0) is 28.7. The molecule has 0 saturated carbocycles. The summed E-state index contributed by atoms with van der Waals surface area (Å²) in [5.74, 6) is -1.50. The van der Waals surface area contributed by atoms with E-state index in [-0.39, 0.29) is 30.9 Å². The van der Waals surface area contributed by atoms with Crippen LogP contribution >= 0.6 is 0 Å². The van der Waals surface area contributed by atoms with E-state index in [0.29, 0.717) is 30.9 Å². The third kappa shape index (κ3) is 9.64. The van der Waals surface area contributed by atoms with Gasteiger partial charge < -0.3 is 15.5 Å². The van der Waals surface area contributed by atoms with Gasteiger partial charge in [-0.1, -0.05) is 18.2 Å². The summed E-state index contributed by atoms with van der Waals surface area (Å²) in [6.07, 6.45) is -4.88. The number of carboxylic acids is 1. The van der Waals surface area contributed by atoms with Crippen molar-refractivity contribution < 1.29 is 41.0 Å². The molecule has 0 fully saturated rings. The predicted molar refractivity (Wildman–Crippen MR) is 135 cm³/mol. The molecule has 0 radical (unpaired) electrons. The van der Waals surface area contributed by atoms with E-state index >= 15 is 0 Å². The average Bonchev–Trinajstić information content (AvgIpc) is 2.82. The van der Waals surface area contributed by atoms with Gasteiger partial charge in [-0.2, -0.15) is 17.5 Å². The third-order valence-corrected chi connectivity index (χ3v) is 7.92. The van der Waals surface area contributed by atoms with Crippen LogP contribution in [-0.4, -0.2) is 60.7 Å². The number of aryl methyl sites for hydroxylation is 2. The van der Waals surface area contributed by atoms with E-state index in [0.717, 1.165) is 23.5 Å². The van der Waals surface area contributed by atoms with Crippen molar-refractivity contribution in [3.8, 4) is 0 Å². The van der Waals surface area contributed by atoms with E-state index in [9.17, 15) is 35.9 Å². The van der Waals surface area contributed by atoms with Gasteiger partial charge in [0.05, 0.1) is 16.6 Å². The van der Waals surface area contributed by atoms with Crippen molar-refractivity contribution >= 4 is 16.0 Å². The Morgan fingerprint density at radius 2 is 1.76 bits per heavy atom. The van der Waals surface area contributed by atoms with Crippen LogP contribution in [0.3, 0.4) is 0 Å². The number of aliphatic hydroxyl groups excluding tert-OH is 1. The van der Waals surface area contributed by atoms with Crippen LogP contribution < -0.4 is 5.32 Å². The maximum absolute atomic E-state index is 13.8. The molecular weight excluding hydrogens is 528 g/mol. The fourth-order valence-electron chi connectivity index (χ4n) is 3.91. The fraction of sp³-hybridized carbons (Fsp3) is 0.500. The quantitative estimate of drug-likeness (QED) is 0.298. The maximum Gasteiger partial charge on any atom is 0.416 e. The van der Waals surface area contributed by atoms with Crippen molar-refractivity contribution in [2.45, 2.75) is 68.7 Å². The molecule has 2 aromatic carbocycles. The lowest BCUT2D eigenvalue weighted by atomic mass is 9.95. The lowest BCUT2D eigenvalue weighted by molar-refractivity contribution is -0.138. The number of carboxylic acid groups (broad SMARTS) is 1. The molecule has 3 N–H and O–H groups in total. The molecule has 2 rings (SSSR count). The first-order valence-corrected chi connectivity index (χ1v) is 13.5. The maximum atomic E-state index is 13.8. The molecule has 0 aliphatic rings. The minimum atomic E-state index is -4.83. The number of benzene rings is 2. The van der Waals surface area contributed by atoms with Crippen LogP contribution in [0.2, 0.25) is 0 Å². The van der Waals surface area contributed by atoms with Gasteiger partial charge in [-0.05, 0) is 74.9 Å². The van der Waals surface area contributed by atoms with Gasteiger partial charge in [-0.25, -0.2) is 12.8 Å². The van der Waals surface area contributed by atoms with E-state index in [1.54, 1.807) is 18.2 Å². The highest BCUT2D eigenvalue weighted by molar-refractivity contribution is 7.89. The molecule has 212 valence electrons. The largest absolute Gasteiger partial charge is 0.481 e. The monoisotopic (exact) mass is 562 g/mol. The highest BCUT2D eigenvalue weighted by atomic mass is 32.2. The first-order chi connectivity index (χ1) is 17.5. The molecule has 0 saturated heterocycles. The summed E-state index contributed by atoms with van der Waals surface area (Å²) in [5.41, 5.74) is -1.12. The number of hydrogen-bond donors (Lipinski definition) is 3. The first-order valence-electron chi connectivity index (χ1n) is 12.1. The zero-order valence-corrected chi connectivity index (χ0v) is 22.4. The molecule has 38 heavy (non-hydrogen) atoms. The highest BCUT2D eigenvalue weighted by Crippen LogP contribution is 2.32. The van der Waals surface area contributed by atoms with Crippen molar-refractivity contribution in [1.29, 1.82) is 0 Å². The van der Waals surface area contributed by atoms with Crippen molar-refractivity contribution in [2.24, 2.45) is 0 Å². The van der Waals surface area contributed by atoms with Gasteiger partial charge in [0.1, 0.15) is 5.82 Å². The highest BCUT2D eigenvalue weighted by Gasteiger charge is 2.34. The Morgan fingerprint density at radius 1 is 1.11 bits per heavy atom. The Bertz CT molecular complexity index is 1200. The Hall–Kier alpha value is -2.54. The molecule has 0 aromatic heterocycles. The van der Waals surface area contributed by atoms with E-state index in [1.165, 1.54) is 6.07 Å². The van der Waals surface area contributed by atoms with Gasteiger partial charge in [-0.3, -0.25) is 4.79 Å². The van der Waals surface area contributed by atoms with Gasteiger partial charge >= 0.3 is 12.1 Å². The minimum Gasteiger partial charge on any atom is -0.481 e. The molecule has 0 heterocycles. The molecule has 7 nitrogen and oxygen atoms in total. The number of likely N-dealkylation sites (N-methyl/N-ethyl adjacent to an activating group) is 1. The number of β-amino-alcohol motifs (C(OH)–C–C–N with tert-alkyl or cyclic N) is 1. The standard InChI is InChI=1S/C26H34F4N2O5S/c1-25(2,12-6-8-19-7-4-5-9-23(19)27)31-16-21(33)17-32(3)38(36,37)22-14-18(10-11-24(34)35)13-20(15-22)26(28,29)30/h4-5,7,9,13-15,21,31,33H,6,8,10-12,16-17H2,1-3H3,(H,34,35). The SMILES string of the molecule is CN(CC(O)CNC(C)(C)CCCc1ccccc1F)S(=O)(=O)c1cc(CCC(=O)O)cc(C(F)(F)F)c1. The van der Waals surface area contributed by atoms with Crippen LogP contribution in [0.25, 0.3) is 0 Å². The number of alkyl halides is 3. The molecule has 2 aromatic rings. The summed E-state index contributed by atoms with van der Waals surface area (Å²) in [6, 6.07) is 8.75. The molecule has 0 amide bonds. The Morgan fingerprint density at radius 3 is 2.37 bits per heavy atom. The number of aliphatic carboxylic acids is 1. The molecule has 0 spiro atoms. The van der Waals surface area contributed by atoms with E-state index in [1.807, 2.05) is 13.8 Å². The second-order valence-corrected chi connectivity index (χ2v) is 12.0. The number of sulfonamides is 1. The smallest absolute Gasteiger partial charge is 0.416 e. The lowest BCUT2D eigenvalue weighted by Crippen LogP contribution is -2.46. The molecule has 0 aliphatic heterocycles. The number of aliphatic hydroxyl groups is 1. The summed E-state index contributed by atoms with van der Waals surface area (Å²) in [7, 11) is -3.27. The van der Waals surface area contributed by atoms with Crippen molar-refractivity contribution in [2.75, 3.05) is 20.1 Å². The summed E-state index contributed by atoms with van der Waals surface area (Å²) in [4.78, 5) is 10.2. The van der Waals surface area contributed by atoms with Crippen molar-refractivity contribution in [3.05, 3.63) is 65.0 Å². The number of rotatable bonds is 14. The normalized spacial score (nSPS) is 13.6. The Balaban J connectivity index is 2.02. The molecule has 0 bridgehead atoms. The van der Waals surface area contributed by atoms with Crippen molar-refractivity contribution in [3.63, 3.8) is 0 Å². The third-order valence-electron chi connectivity index (χ3n) is 6.12. The van der Waals surface area contributed by atoms with E-state index < -0.39 is 50.7 Å². The Labute approximate surface area is 220 Å². The zero-order valence-electron chi connectivity index (χ0n) is 21.6. The second kappa shape index (κ2) is 13.0. The summed E-state index contributed by atoms with van der Waals surface area (Å²) in [5, 5.41) is 22.4. The van der Waals surface area contributed by atoms with Crippen LogP contribution in [0, 0.1) is 5.82 Å². The van der Waals surface area contributed by atoms with Crippen LogP contribution in [0.5, 0.6) is 0 Å². The number of nitrogens with zero attached hydrogens (tertiary/aromatic N) is 1. The van der Waals surface area contributed by atoms with E-state index in [4.69, 9.17) is 5.11 Å². The number of nitrogens with one attached hydrogen (secondary N) is 1. The van der Waals surface area contributed by atoms with E-state index in [2.05, 4.69) is 5.32 Å². The van der Waals surface area contributed by atoms with Gasteiger partial charge in [0.25, 0.3) is 0 Å².